The number of carboxylic acid groups (broad SMARTS) is 1. The van der Waals surface area contributed by atoms with Crippen LogP contribution in [0.4, 0.5) is 0 Å². The summed E-state index contributed by atoms with van der Waals surface area (Å²) >= 11 is 1.50. The van der Waals surface area contributed by atoms with Crippen molar-refractivity contribution in [3.05, 3.63) is 16.1 Å². The van der Waals surface area contributed by atoms with Crippen LogP contribution in [0.1, 0.15) is 31.0 Å². The lowest BCUT2D eigenvalue weighted by Gasteiger charge is -2.19. The fourth-order valence-electron chi connectivity index (χ4n) is 1.02. The molecule has 0 fully saturated rings. The maximum absolute atomic E-state index is 10.4. The van der Waals surface area contributed by atoms with E-state index in [1.54, 1.807) is 7.11 Å². The molecule has 1 heterocycles. The minimum absolute atomic E-state index is 0.122. The number of hydrogen-bond acceptors (Lipinski definition) is 4. The van der Waals surface area contributed by atoms with Gasteiger partial charge in [-0.05, 0) is 13.8 Å². The van der Waals surface area contributed by atoms with E-state index in [4.69, 9.17) is 9.84 Å². The molecule has 0 aromatic carbocycles. The van der Waals surface area contributed by atoms with E-state index in [0.717, 1.165) is 10.7 Å². The normalized spacial score (nSPS) is 11.7. The molecule has 0 aliphatic rings. The van der Waals surface area contributed by atoms with Crippen molar-refractivity contribution in [1.29, 1.82) is 0 Å². The highest BCUT2D eigenvalue weighted by Crippen LogP contribution is 2.27. The Balaban J connectivity index is 2.68. The molecule has 0 atom stereocenters. The molecule has 84 valence electrons. The first kappa shape index (κ1) is 12.1. The predicted molar refractivity (Wildman–Crippen MR) is 58.1 cm³/mol. The number of ether oxygens (including phenoxy) is 1. The highest BCUT2D eigenvalue weighted by Gasteiger charge is 2.23. The van der Waals surface area contributed by atoms with Crippen molar-refractivity contribution < 1.29 is 14.6 Å². The lowest BCUT2D eigenvalue weighted by molar-refractivity contribution is -0.136. The summed E-state index contributed by atoms with van der Waals surface area (Å²) in [5.74, 6) is -0.796. The molecule has 0 unspecified atom stereocenters. The monoisotopic (exact) mass is 229 g/mol. The maximum atomic E-state index is 10.4. The molecule has 0 aliphatic carbocycles. The third-order valence-corrected chi connectivity index (χ3v) is 3.37. The van der Waals surface area contributed by atoms with Crippen LogP contribution < -0.4 is 0 Å². The van der Waals surface area contributed by atoms with Crippen molar-refractivity contribution in [3.63, 3.8) is 0 Å². The quantitative estimate of drug-likeness (QED) is 0.839. The number of nitrogens with zero attached hydrogens (tertiary/aromatic N) is 1. The summed E-state index contributed by atoms with van der Waals surface area (Å²) in [6.45, 7) is 3.87. The van der Waals surface area contributed by atoms with Crippen molar-refractivity contribution >= 4 is 17.3 Å². The molecular weight excluding hydrogens is 214 g/mol. The molecule has 0 bridgehead atoms. The second-order valence-electron chi connectivity index (χ2n) is 3.75. The van der Waals surface area contributed by atoms with E-state index in [-0.39, 0.29) is 6.42 Å². The van der Waals surface area contributed by atoms with Gasteiger partial charge >= 0.3 is 5.97 Å². The summed E-state index contributed by atoms with van der Waals surface area (Å²) in [7, 11) is 1.64. The molecule has 0 saturated heterocycles. The van der Waals surface area contributed by atoms with Crippen LogP contribution in [-0.4, -0.2) is 23.2 Å². The lowest BCUT2D eigenvalue weighted by atomic mass is 10.1. The van der Waals surface area contributed by atoms with Gasteiger partial charge in [0.1, 0.15) is 10.6 Å². The third-order valence-electron chi connectivity index (χ3n) is 2.17. The van der Waals surface area contributed by atoms with Crippen LogP contribution >= 0.6 is 11.3 Å². The fourth-order valence-corrected chi connectivity index (χ4v) is 1.98. The van der Waals surface area contributed by atoms with E-state index in [1.165, 1.54) is 11.3 Å². The van der Waals surface area contributed by atoms with Crippen LogP contribution in [0.3, 0.4) is 0 Å². The molecule has 1 aromatic rings. The van der Waals surface area contributed by atoms with E-state index < -0.39 is 11.6 Å². The molecule has 0 aliphatic heterocycles. The van der Waals surface area contributed by atoms with Gasteiger partial charge in [-0.25, -0.2) is 4.98 Å². The molecule has 1 rings (SSSR count). The van der Waals surface area contributed by atoms with Crippen molar-refractivity contribution in [2.45, 2.75) is 32.3 Å². The molecule has 1 N–H and O–H groups in total. The lowest BCUT2D eigenvalue weighted by Crippen LogP contribution is -2.19. The van der Waals surface area contributed by atoms with Gasteiger partial charge in [0.25, 0.3) is 0 Å². The molecule has 0 radical (unpaired) electrons. The molecule has 0 spiro atoms. The summed E-state index contributed by atoms with van der Waals surface area (Å²) in [6, 6.07) is 0. The van der Waals surface area contributed by atoms with E-state index in [9.17, 15) is 4.79 Å². The zero-order valence-corrected chi connectivity index (χ0v) is 9.93. The Morgan fingerprint density at radius 1 is 1.67 bits per heavy atom. The van der Waals surface area contributed by atoms with Gasteiger partial charge in [0, 0.05) is 18.9 Å². The zero-order valence-electron chi connectivity index (χ0n) is 9.11. The maximum Gasteiger partial charge on any atom is 0.303 e. The summed E-state index contributed by atoms with van der Waals surface area (Å²) in [5, 5.41) is 11.3. The summed E-state index contributed by atoms with van der Waals surface area (Å²) in [6.07, 6.45) is 0.599. The number of aromatic nitrogens is 1. The number of carbonyl (C=O) groups is 1. The first-order valence-electron chi connectivity index (χ1n) is 4.67. The van der Waals surface area contributed by atoms with Crippen molar-refractivity contribution in [1.82, 2.24) is 4.98 Å². The Kier molecular flexibility index (Phi) is 3.82. The average molecular weight is 229 g/mol. The largest absolute Gasteiger partial charge is 0.481 e. The van der Waals surface area contributed by atoms with Crippen molar-refractivity contribution in [2.24, 2.45) is 0 Å². The van der Waals surface area contributed by atoms with Crippen LogP contribution in [0.5, 0.6) is 0 Å². The topological polar surface area (TPSA) is 59.4 Å². The van der Waals surface area contributed by atoms with E-state index in [0.29, 0.717) is 6.42 Å². The SMILES string of the molecule is COC(C)(C)c1nc(CCC(=O)O)cs1. The third kappa shape index (κ3) is 3.28. The Hall–Kier alpha value is -0.940. The fraction of sp³-hybridized carbons (Fsp3) is 0.600. The summed E-state index contributed by atoms with van der Waals surface area (Å²) in [5.41, 5.74) is 0.425. The average Bonchev–Trinajstić information content (AvgIpc) is 2.63. The molecule has 0 saturated carbocycles. The second kappa shape index (κ2) is 4.72. The van der Waals surface area contributed by atoms with E-state index in [2.05, 4.69) is 4.98 Å². The number of aliphatic carboxylic acids is 1. The number of hydrogen-bond donors (Lipinski definition) is 1. The van der Waals surface area contributed by atoms with Crippen LogP contribution in [-0.2, 0) is 21.6 Å². The smallest absolute Gasteiger partial charge is 0.303 e. The zero-order chi connectivity index (χ0) is 11.5. The molecule has 0 amide bonds. The number of carboxylic acids is 1. The molecule has 5 heteroatoms. The van der Waals surface area contributed by atoms with Gasteiger partial charge in [-0.15, -0.1) is 11.3 Å². The number of methoxy groups -OCH3 is 1. The van der Waals surface area contributed by atoms with Crippen LogP contribution in [0.25, 0.3) is 0 Å². The first-order chi connectivity index (χ1) is 6.95. The Bertz CT molecular complexity index is 346. The van der Waals surface area contributed by atoms with E-state index in [1.807, 2.05) is 19.2 Å². The van der Waals surface area contributed by atoms with Crippen molar-refractivity contribution in [3.8, 4) is 0 Å². The minimum atomic E-state index is -0.796. The van der Waals surface area contributed by atoms with Gasteiger partial charge in [0.15, 0.2) is 0 Å². The molecular formula is C10H15NO3S. The van der Waals surface area contributed by atoms with Gasteiger partial charge in [0.05, 0.1) is 12.1 Å². The summed E-state index contributed by atoms with van der Waals surface area (Å²) in [4.78, 5) is 14.7. The first-order valence-corrected chi connectivity index (χ1v) is 5.55. The Labute approximate surface area is 92.9 Å². The van der Waals surface area contributed by atoms with Crippen LogP contribution in [0.2, 0.25) is 0 Å². The molecule has 15 heavy (non-hydrogen) atoms. The highest BCUT2D eigenvalue weighted by atomic mass is 32.1. The van der Waals surface area contributed by atoms with Gasteiger partial charge in [-0.1, -0.05) is 0 Å². The standard InChI is InChI=1S/C10H15NO3S/c1-10(2,14-3)9-11-7(6-15-9)4-5-8(12)13/h6H,4-5H2,1-3H3,(H,12,13). The van der Waals surface area contributed by atoms with Crippen LogP contribution in [0, 0.1) is 0 Å². The van der Waals surface area contributed by atoms with Crippen molar-refractivity contribution in [2.75, 3.05) is 7.11 Å². The summed E-state index contributed by atoms with van der Waals surface area (Å²) < 4.78 is 5.29. The van der Waals surface area contributed by atoms with Gasteiger partial charge in [-0.2, -0.15) is 0 Å². The van der Waals surface area contributed by atoms with Gasteiger partial charge in [0.2, 0.25) is 0 Å². The van der Waals surface area contributed by atoms with Gasteiger partial charge in [-0.3, -0.25) is 4.79 Å². The van der Waals surface area contributed by atoms with Crippen LogP contribution in [0.15, 0.2) is 5.38 Å². The number of aryl methyl sites for hydroxylation is 1. The Morgan fingerprint density at radius 3 is 2.87 bits per heavy atom. The minimum Gasteiger partial charge on any atom is -0.481 e. The van der Waals surface area contributed by atoms with E-state index >= 15 is 0 Å². The number of rotatable bonds is 5. The Morgan fingerprint density at radius 2 is 2.33 bits per heavy atom. The second-order valence-corrected chi connectivity index (χ2v) is 4.61. The van der Waals surface area contributed by atoms with Gasteiger partial charge < -0.3 is 9.84 Å². The molecule has 1 aromatic heterocycles. The molecule has 4 nitrogen and oxygen atoms in total. The predicted octanol–water partition coefficient (Wildman–Crippen LogP) is 2.04. The highest BCUT2D eigenvalue weighted by molar-refractivity contribution is 7.09. The number of thiazole rings is 1.